The Morgan fingerprint density at radius 1 is 0.960 bits per heavy atom. The van der Waals surface area contributed by atoms with Crippen LogP contribution in [-0.2, 0) is 0 Å². The van der Waals surface area contributed by atoms with E-state index < -0.39 is 0 Å². The Bertz CT molecular complexity index is 833. The molecule has 5 heteroatoms. The number of nitrogens with one attached hydrogen (secondary N) is 2. The van der Waals surface area contributed by atoms with E-state index in [9.17, 15) is 4.79 Å². The van der Waals surface area contributed by atoms with Crippen LogP contribution in [0.4, 0.5) is 17.1 Å². The van der Waals surface area contributed by atoms with Crippen molar-refractivity contribution in [2.24, 2.45) is 0 Å². The molecule has 0 atom stereocenters. The van der Waals surface area contributed by atoms with Gasteiger partial charge in [-0.2, -0.15) is 0 Å². The number of pyridine rings is 1. The first-order valence-electron chi connectivity index (χ1n) is 8.07. The molecule has 1 amide bonds. The number of carbonyl (C=O) groups is 1. The minimum atomic E-state index is -0.263. The summed E-state index contributed by atoms with van der Waals surface area (Å²) >= 11 is 0. The van der Waals surface area contributed by atoms with Crippen LogP contribution in [0.15, 0.2) is 72.9 Å². The standard InChI is InChI=1S/C20H19N3O2/c1-2-25-18-10-8-16(9-11-18)23-20(24)19-14-17(12-13-21-19)22-15-6-4-3-5-7-15/h3-14H,2H2,1H3,(H,21,22)(H,23,24). The average Bonchev–Trinajstić information content (AvgIpc) is 2.65. The highest BCUT2D eigenvalue weighted by Gasteiger charge is 2.09. The number of aromatic nitrogens is 1. The third kappa shape index (κ3) is 4.57. The third-order valence-electron chi connectivity index (χ3n) is 3.48. The Labute approximate surface area is 146 Å². The van der Waals surface area contributed by atoms with Crippen LogP contribution >= 0.6 is 0 Å². The summed E-state index contributed by atoms with van der Waals surface area (Å²) in [5.74, 6) is 0.508. The number of carbonyl (C=O) groups excluding carboxylic acids is 1. The molecular formula is C20H19N3O2. The van der Waals surface area contributed by atoms with Gasteiger partial charge in [0.1, 0.15) is 11.4 Å². The maximum absolute atomic E-state index is 12.4. The highest BCUT2D eigenvalue weighted by Crippen LogP contribution is 2.18. The molecule has 0 fully saturated rings. The normalized spacial score (nSPS) is 10.1. The second-order valence-corrected chi connectivity index (χ2v) is 5.33. The van der Waals surface area contributed by atoms with Crippen molar-refractivity contribution in [1.29, 1.82) is 0 Å². The van der Waals surface area contributed by atoms with Gasteiger partial charge in [0.05, 0.1) is 6.61 Å². The number of hydrogen-bond donors (Lipinski definition) is 2. The van der Waals surface area contributed by atoms with E-state index in [0.717, 1.165) is 17.1 Å². The Balaban J connectivity index is 1.68. The lowest BCUT2D eigenvalue weighted by Gasteiger charge is -2.09. The predicted octanol–water partition coefficient (Wildman–Crippen LogP) is 4.48. The quantitative estimate of drug-likeness (QED) is 0.698. The minimum absolute atomic E-state index is 0.263. The fraction of sp³-hybridized carbons (Fsp3) is 0.100. The minimum Gasteiger partial charge on any atom is -0.494 e. The van der Waals surface area contributed by atoms with Crippen LogP contribution in [-0.4, -0.2) is 17.5 Å². The zero-order valence-electron chi connectivity index (χ0n) is 13.9. The van der Waals surface area contributed by atoms with E-state index in [4.69, 9.17) is 4.74 Å². The Morgan fingerprint density at radius 3 is 2.44 bits per heavy atom. The highest BCUT2D eigenvalue weighted by atomic mass is 16.5. The Hall–Kier alpha value is -3.34. The van der Waals surface area contributed by atoms with Gasteiger partial charge in [-0.1, -0.05) is 18.2 Å². The molecule has 0 saturated heterocycles. The number of hydrogen-bond acceptors (Lipinski definition) is 4. The van der Waals surface area contributed by atoms with E-state index in [1.807, 2.05) is 55.5 Å². The van der Waals surface area contributed by atoms with Crippen molar-refractivity contribution >= 4 is 23.0 Å². The Morgan fingerprint density at radius 2 is 1.72 bits per heavy atom. The van der Waals surface area contributed by atoms with Crippen LogP contribution in [0, 0.1) is 0 Å². The van der Waals surface area contributed by atoms with Gasteiger partial charge >= 0.3 is 0 Å². The van der Waals surface area contributed by atoms with Crippen molar-refractivity contribution in [3.63, 3.8) is 0 Å². The monoisotopic (exact) mass is 333 g/mol. The van der Waals surface area contributed by atoms with Gasteiger partial charge in [-0.05, 0) is 55.5 Å². The van der Waals surface area contributed by atoms with Crippen LogP contribution in [0.5, 0.6) is 5.75 Å². The van der Waals surface area contributed by atoms with Crippen LogP contribution in [0.3, 0.4) is 0 Å². The Kier molecular flexibility index (Phi) is 5.26. The number of anilines is 3. The molecule has 0 saturated carbocycles. The fourth-order valence-corrected chi connectivity index (χ4v) is 2.32. The van der Waals surface area contributed by atoms with Gasteiger partial charge in [0.2, 0.25) is 0 Å². The molecule has 0 aliphatic heterocycles. The lowest BCUT2D eigenvalue weighted by Crippen LogP contribution is -2.13. The summed E-state index contributed by atoms with van der Waals surface area (Å²) in [6, 6.07) is 20.5. The molecule has 0 radical (unpaired) electrons. The molecule has 3 rings (SSSR count). The first-order valence-corrected chi connectivity index (χ1v) is 8.07. The molecule has 1 heterocycles. The summed E-state index contributed by atoms with van der Waals surface area (Å²) in [5, 5.41) is 6.08. The van der Waals surface area contributed by atoms with Crippen molar-refractivity contribution in [3.8, 4) is 5.75 Å². The number of para-hydroxylation sites is 1. The zero-order valence-corrected chi connectivity index (χ0v) is 13.9. The van der Waals surface area contributed by atoms with E-state index in [2.05, 4.69) is 15.6 Å². The second kappa shape index (κ2) is 7.97. The van der Waals surface area contributed by atoms with Gasteiger partial charge in [0.15, 0.2) is 0 Å². The molecule has 1 aromatic heterocycles. The van der Waals surface area contributed by atoms with Gasteiger partial charge in [-0.15, -0.1) is 0 Å². The lowest BCUT2D eigenvalue weighted by atomic mass is 10.2. The number of rotatable bonds is 6. The number of nitrogens with zero attached hydrogens (tertiary/aromatic N) is 1. The molecule has 25 heavy (non-hydrogen) atoms. The summed E-state index contributed by atoms with van der Waals surface area (Å²) in [6.07, 6.45) is 1.61. The molecule has 0 aliphatic rings. The van der Waals surface area contributed by atoms with E-state index >= 15 is 0 Å². The SMILES string of the molecule is CCOc1ccc(NC(=O)c2cc(Nc3ccccc3)ccn2)cc1. The molecule has 2 aromatic carbocycles. The highest BCUT2D eigenvalue weighted by molar-refractivity contribution is 6.03. The summed E-state index contributed by atoms with van der Waals surface area (Å²) in [6.45, 7) is 2.54. The van der Waals surface area contributed by atoms with Crippen LogP contribution < -0.4 is 15.4 Å². The lowest BCUT2D eigenvalue weighted by molar-refractivity contribution is 0.102. The number of ether oxygens (including phenoxy) is 1. The summed E-state index contributed by atoms with van der Waals surface area (Å²) in [4.78, 5) is 16.5. The van der Waals surface area contributed by atoms with E-state index in [1.165, 1.54) is 0 Å². The van der Waals surface area contributed by atoms with Crippen molar-refractivity contribution in [1.82, 2.24) is 4.98 Å². The average molecular weight is 333 g/mol. The van der Waals surface area contributed by atoms with Crippen LogP contribution in [0.1, 0.15) is 17.4 Å². The van der Waals surface area contributed by atoms with Gasteiger partial charge in [0, 0.05) is 23.3 Å². The molecule has 0 unspecified atom stereocenters. The van der Waals surface area contributed by atoms with Gasteiger partial charge in [-0.25, -0.2) is 0 Å². The summed E-state index contributed by atoms with van der Waals surface area (Å²) in [5.41, 5.74) is 2.79. The first-order chi connectivity index (χ1) is 12.2. The van der Waals surface area contributed by atoms with E-state index in [0.29, 0.717) is 18.0 Å². The van der Waals surface area contributed by atoms with Crippen molar-refractivity contribution in [2.75, 3.05) is 17.2 Å². The van der Waals surface area contributed by atoms with Gasteiger partial charge in [0.25, 0.3) is 5.91 Å². The maximum Gasteiger partial charge on any atom is 0.274 e. The van der Waals surface area contributed by atoms with E-state index in [1.54, 1.807) is 24.4 Å². The molecular weight excluding hydrogens is 314 g/mol. The van der Waals surface area contributed by atoms with Gasteiger partial charge in [-0.3, -0.25) is 9.78 Å². The van der Waals surface area contributed by atoms with Crippen molar-refractivity contribution in [3.05, 3.63) is 78.6 Å². The molecule has 0 aliphatic carbocycles. The summed E-state index contributed by atoms with van der Waals surface area (Å²) < 4.78 is 5.39. The fourth-order valence-electron chi connectivity index (χ4n) is 2.32. The smallest absolute Gasteiger partial charge is 0.274 e. The largest absolute Gasteiger partial charge is 0.494 e. The molecule has 3 aromatic rings. The summed E-state index contributed by atoms with van der Waals surface area (Å²) in [7, 11) is 0. The molecule has 0 spiro atoms. The first kappa shape index (κ1) is 16.5. The van der Waals surface area contributed by atoms with Crippen LogP contribution in [0.25, 0.3) is 0 Å². The van der Waals surface area contributed by atoms with Crippen molar-refractivity contribution in [2.45, 2.75) is 6.92 Å². The molecule has 2 N–H and O–H groups in total. The molecule has 0 bridgehead atoms. The van der Waals surface area contributed by atoms with Crippen LogP contribution in [0.2, 0.25) is 0 Å². The number of benzene rings is 2. The zero-order chi connectivity index (χ0) is 17.5. The molecule has 5 nitrogen and oxygen atoms in total. The topological polar surface area (TPSA) is 63.2 Å². The second-order valence-electron chi connectivity index (χ2n) is 5.33. The maximum atomic E-state index is 12.4. The third-order valence-corrected chi connectivity index (χ3v) is 3.48. The number of amides is 1. The van der Waals surface area contributed by atoms with Crippen molar-refractivity contribution < 1.29 is 9.53 Å². The molecule has 126 valence electrons. The van der Waals surface area contributed by atoms with Gasteiger partial charge < -0.3 is 15.4 Å². The predicted molar refractivity (Wildman–Crippen MR) is 99.5 cm³/mol. The van der Waals surface area contributed by atoms with E-state index in [-0.39, 0.29) is 5.91 Å².